The van der Waals surface area contributed by atoms with Gasteiger partial charge in [0.05, 0.1) is 6.10 Å². The highest BCUT2D eigenvalue weighted by atomic mass is 16.3. The van der Waals surface area contributed by atoms with Crippen LogP contribution >= 0.6 is 0 Å². The number of hydrogen-bond donors (Lipinski definition) is 2. The molecule has 3 saturated carbocycles. The van der Waals surface area contributed by atoms with Crippen molar-refractivity contribution >= 4 is 5.78 Å². The number of carbonyl (C=O) groups is 1. The Kier molecular flexibility index (Phi) is 5.87. The maximum atomic E-state index is 13.3. The number of fused-ring (bicyclic) bond motifs is 5. The molecule has 4 aliphatic carbocycles. The first-order valence-electron chi connectivity index (χ1n) is 12.8. The van der Waals surface area contributed by atoms with Crippen molar-refractivity contribution in [3.8, 4) is 0 Å². The molecule has 0 aromatic rings. The largest absolute Gasteiger partial charge is 0.393 e. The molecule has 0 heterocycles. The Bertz CT molecular complexity index is 781. The van der Waals surface area contributed by atoms with Gasteiger partial charge >= 0.3 is 0 Å². The van der Waals surface area contributed by atoms with Gasteiger partial charge in [0.1, 0.15) is 5.60 Å². The standard InChI is InChI=1S/C28H44O3/c1-17(2)18(3)7-8-19(4)22-9-10-23-21-15-25(30)28(31)16-20(29)11-14-27(28,6)24(21)12-13-26(22,23)5/h7-8,15,17-20,22-24,29,31H,9-14,16H2,1-6H3. The number of carbonyl (C=O) groups excluding carboxylic acids is 1. The van der Waals surface area contributed by atoms with Crippen molar-refractivity contribution in [2.45, 2.75) is 98.2 Å². The fourth-order valence-corrected chi connectivity index (χ4v) is 7.96. The van der Waals surface area contributed by atoms with E-state index in [1.165, 1.54) is 18.4 Å². The molecule has 0 aromatic carbocycles. The van der Waals surface area contributed by atoms with Crippen LogP contribution in [0.2, 0.25) is 0 Å². The smallest absolute Gasteiger partial charge is 0.187 e. The van der Waals surface area contributed by atoms with E-state index in [9.17, 15) is 15.0 Å². The summed E-state index contributed by atoms with van der Waals surface area (Å²) in [4.78, 5) is 13.3. The van der Waals surface area contributed by atoms with E-state index < -0.39 is 17.1 Å². The Morgan fingerprint density at radius 2 is 1.71 bits per heavy atom. The minimum Gasteiger partial charge on any atom is -0.393 e. The van der Waals surface area contributed by atoms with Gasteiger partial charge in [-0.05, 0) is 85.5 Å². The van der Waals surface area contributed by atoms with Gasteiger partial charge in [-0.15, -0.1) is 0 Å². The summed E-state index contributed by atoms with van der Waals surface area (Å²) in [5.74, 6) is 3.03. The molecule has 3 heteroatoms. The molecule has 2 N–H and O–H groups in total. The molecular weight excluding hydrogens is 384 g/mol. The van der Waals surface area contributed by atoms with Crippen molar-refractivity contribution in [2.24, 2.45) is 46.3 Å². The van der Waals surface area contributed by atoms with E-state index >= 15 is 0 Å². The molecule has 0 bridgehead atoms. The van der Waals surface area contributed by atoms with Crippen molar-refractivity contribution < 1.29 is 15.0 Å². The number of ketones is 1. The molecule has 9 unspecified atom stereocenters. The number of hydrogen-bond acceptors (Lipinski definition) is 3. The Morgan fingerprint density at radius 1 is 1.00 bits per heavy atom. The van der Waals surface area contributed by atoms with Crippen LogP contribution in [0.25, 0.3) is 0 Å². The first-order valence-corrected chi connectivity index (χ1v) is 12.8. The highest BCUT2D eigenvalue weighted by Gasteiger charge is 2.65. The monoisotopic (exact) mass is 428 g/mol. The third kappa shape index (κ3) is 3.41. The fourth-order valence-electron chi connectivity index (χ4n) is 7.96. The molecule has 174 valence electrons. The van der Waals surface area contributed by atoms with E-state index in [-0.39, 0.29) is 23.5 Å². The SMILES string of the molecule is CC(C)C(C)C=CC(C)C1CCC2C3=CC(=O)C4(O)CC(O)CCC4(C)C3CCC21C. The van der Waals surface area contributed by atoms with E-state index in [1.807, 2.05) is 6.08 Å². The van der Waals surface area contributed by atoms with E-state index in [1.54, 1.807) is 0 Å². The Morgan fingerprint density at radius 3 is 2.39 bits per heavy atom. The number of allylic oxidation sites excluding steroid dienone is 3. The predicted octanol–water partition coefficient (Wildman–Crippen LogP) is 5.70. The maximum Gasteiger partial charge on any atom is 0.187 e. The maximum absolute atomic E-state index is 13.3. The van der Waals surface area contributed by atoms with E-state index in [0.29, 0.717) is 36.0 Å². The van der Waals surface area contributed by atoms with Crippen LogP contribution < -0.4 is 0 Å². The molecule has 4 aliphatic rings. The van der Waals surface area contributed by atoms with Crippen LogP contribution in [-0.2, 0) is 4.79 Å². The van der Waals surface area contributed by atoms with E-state index in [2.05, 4.69) is 53.7 Å². The summed E-state index contributed by atoms with van der Waals surface area (Å²) >= 11 is 0. The average molecular weight is 429 g/mol. The summed E-state index contributed by atoms with van der Waals surface area (Å²) in [6.45, 7) is 13.9. The van der Waals surface area contributed by atoms with Crippen molar-refractivity contribution in [1.29, 1.82) is 0 Å². The molecule has 9 atom stereocenters. The van der Waals surface area contributed by atoms with E-state index in [0.717, 1.165) is 19.3 Å². The van der Waals surface area contributed by atoms with Crippen LogP contribution in [0.3, 0.4) is 0 Å². The van der Waals surface area contributed by atoms with Crippen LogP contribution in [0, 0.1) is 46.3 Å². The molecule has 31 heavy (non-hydrogen) atoms. The predicted molar refractivity (Wildman–Crippen MR) is 125 cm³/mol. The summed E-state index contributed by atoms with van der Waals surface area (Å²) in [6.07, 6.45) is 12.4. The summed E-state index contributed by atoms with van der Waals surface area (Å²) in [7, 11) is 0. The lowest BCUT2D eigenvalue weighted by Crippen LogP contribution is -2.64. The van der Waals surface area contributed by atoms with Crippen LogP contribution in [0.4, 0.5) is 0 Å². The molecule has 0 aliphatic heterocycles. The third-order valence-electron chi connectivity index (χ3n) is 10.5. The fraction of sp³-hybridized carbons (Fsp3) is 0.821. The average Bonchev–Trinajstić information content (AvgIpc) is 3.05. The molecule has 3 nitrogen and oxygen atoms in total. The number of rotatable bonds is 4. The molecule has 0 saturated heterocycles. The lowest BCUT2D eigenvalue weighted by atomic mass is 9.46. The van der Waals surface area contributed by atoms with Gasteiger partial charge in [0.15, 0.2) is 5.78 Å². The van der Waals surface area contributed by atoms with Crippen LogP contribution in [0.15, 0.2) is 23.8 Å². The lowest BCUT2D eigenvalue weighted by molar-refractivity contribution is -0.180. The number of aliphatic hydroxyl groups is 2. The highest BCUT2D eigenvalue weighted by molar-refractivity contribution is 5.99. The van der Waals surface area contributed by atoms with Crippen LogP contribution in [0.1, 0.15) is 86.5 Å². The lowest BCUT2D eigenvalue weighted by Gasteiger charge is -2.59. The zero-order valence-corrected chi connectivity index (χ0v) is 20.5. The summed E-state index contributed by atoms with van der Waals surface area (Å²) < 4.78 is 0. The minimum absolute atomic E-state index is 0.147. The van der Waals surface area contributed by atoms with Crippen molar-refractivity contribution in [3.05, 3.63) is 23.8 Å². The van der Waals surface area contributed by atoms with Crippen LogP contribution in [-0.4, -0.2) is 27.7 Å². The summed E-state index contributed by atoms with van der Waals surface area (Å²) in [6, 6.07) is 0. The van der Waals surface area contributed by atoms with Gasteiger partial charge < -0.3 is 10.2 Å². The Balaban J connectivity index is 1.62. The van der Waals surface area contributed by atoms with Gasteiger partial charge in [-0.1, -0.05) is 59.3 Å². The van der Waals surface area contributed by atoms with Gasteiger partial charge in [-0.3, -0.25) is 4.79 Å². The molecule has 3 fully saturated rings. The molecular formula is C28H44O3. The molecule has 0 aromatic heterocycles. The van der Waals surface area contributed by atoms with Crippen molar-refractivity contribution in [1.82, 2.24) is 0 Å². The quantitative estimate of drug-likeness (QED) is 0.564. The Labute approximate surface area is 189 Å². The van der Waals surface area contributed by atoms with Crippen LogP contribution in [0.5, 0.6) is 0 Å². The van der Waals surface area contributed by atoms with Gasteiger partial charge in [0.2, 0.25) is 0 Å². The molecule has 0 amide bonds. The molecule has 0 radical (unpaired) electrons. The summed E-state index contributed by atoms with van der Waals surface area (Å²) in [5, 5.41) is 21.7. The van der Waals surface area contributed by atoms with Crippen molar-refractivity contribution in [2.75, 3.05) is 0 Å². The topological polar surface area (TPSA) is 57.5 Å². The zero-order valence-electron chi connectivity index (χ0n) is 20.5. The van der Waals surface area contributed by atoms with Gasteiger partial charge in [-0.25, -0.2) is 0 Å². The Hall–Kier alpha value is -0.930. The van der Waals surface area contributed by atoms with Gasteiger partial charge in [0.25, 0.3) is 0 Å². The second kappa shape index (κ2) is 7.83. The molecule has 4 rings (SSSR count). The minimum atomic E-state index is -1.40. The summed E-state index contributed by atoms with van der Waals surface area (Å²) in [5.41, 5.74) is -0.275. The van der Waals surface area contributed by atoms with Gasteiger partial charge in [-0.2, -0.15) is 0 Å². The second-order valence-corrected chi connectivity index (χ2v) is 12.4. The van der Waals surface area contributed by atoms with Gasteiger partial charge in [0, 0.05) is 11.8 Å². The first kappa shape index (κ1) is 23.2. The van der Waals surface area contributed by atoms with Crippen molar-refractivity contribution in [3.63, 3.8) is 0 Å². The van der Waals surface area contributed by atoms with E-state index in [4.69, 9.17) is 0 Å². The zero-order chi connectivity index (χ0) is 22.8. The second-order valence-electron chi connectivity index (χ2n) is 12.4. The normalized spacial score (nSPS) is 47.0. The highest BCUT2D eigenvalue weighted by Crippen LogP contribution is 2.67. The third-order valence-corrected chi connectivity index (χ3v) is 10.5. The first-order chi connectivity index (χ1) is 14.4. The molecule has 0 spiro atoms. The number of aliphatic hydroxyl groups excluding tert-OH is 1.